The van der Waals surface area contributed by atoms with E-state index in [1.54, 1.807) is 0 Å². The Hall–Kier alpha value is -2.66. The molecule has 1 N–H and O–H groups in total. The van der Waals surface area contributed by atoms with Crippen LogP contribution in [0.1, 0.15) is 76.5 Å². The fourth-order valence-electron chi connectivity index (χ4n) is 5.42. The van der Waals surface area contributed by atoms with E-state index < -0.39 is 5.60 Å². The lowest BCUT2D eigenvalue weighted by molar-refractivity contribution is -0.153. The molecule has 33 heavy (non-hydrogen) atoms. The number of rotatable bonds is 7. The minimum atomic E-state index is -0.495. The summed E-state index contributed by atoms with van der Waals surface area (Å²) < 4.78 is 5.40. The molecule has 5 heteroatoms. The highest BCUT2D eigenvalue weighted by Crippen LogP contribution is 2.52. The van der Waals surface area contributed by atoms with Gasteiger partial charge in [0.15, 0.2) is 0 Å². The van der Waals surface area contributed by atoms with Crippen molar-refractivity contribution in [3.05, 3.63) is 65.7 Å². The number of nitrogens with zero attached hydrogens (tertiary/aromatic N) is 1. The first-order chi connectivity index (χ1) is 15.8. The van der Waals surface area contributed by atoms with Crippen LogP contribution in [0.15, 0.2) is 54.6 Å². The van der Waals surface area contributed by atoms with Crippen LogP contribution in [0.3, 0.4) is 0 Å². The van der Waals surface area contributed by atoms with Crippen LogP contribution < -0.4 is 10.2 Å². The van der Waals surface area contributed by atoms with Crippen LogP contribution in [-0.2, 0) is 19.7 Å². The minimum absolute atomic E-state index is 0.0905. The molecule has 5 nitrogen and oxygen atoms in total. The Kier molecular flexibility index (Phi) is 6.89. The third-order valence-electron chi connectivity index (χ3n) is 6.79. The van der Waals surface area contributed by atoms with E-state index in [2.05, 4.69) is 35.6 Å². The van der Waals surface area contributed by atoms with Crippen molar-refractivity contribution in [2.24, 2.45) is 0 Å². The summed E-state index contributed by atoms with van der Waals surface area (Å²) in [5.74, 6) is -0.0214. The fraction of sp³-hybridized carbons (Fsp3) is 0.500. The number of nitrogens with one attached hydrogen (secondary N) is 1. The average molecular weight is 449 g/mol. The fourth-order valence-corrected chi connectivity index (χ4v) is 5.42. The molecule has 1 saturated carbocycles. The van der Waals surface area contributed by atoms with Gasteiger partial charge < -0.3 is 15.0 Å². The topological polar surface area (TPSA) is 58.6 Å². The predicted molar refractivity (Wildman–Crippen MR) is 131 cm³/mol. The number of hydrogen-bond donors (Lipinski definition) is 1. The van der Waals surface area contributed by atoms with Gasteiger partial charge in [-0.05, 0) is 63.8 Å². The van der Waals surface area contributed by atoms with Gasteiger partial charge in [-0.1, -0.05) is 67.8 Å². The molecule has 0 bridgehead atoms. The summed E-state index contributed by atoms with van der Waals surface area (Å²) in [6, 6.07) is 18.5. The highest BCUT2D eigenvalue weighted by Gasteiger charge is 2.52. The molecule has 1 amide bonds. The molecule has 2 aromatic rings. The Balaban J connectivity index is 1.57. The van der Waals surface area contributed by atoms with Crippen LogP contribution in [0, 0.1) is 0 Å². The molecule has 0 unspecified atom stereocenters. The summed E-state index contributed by atoms with van der Waals surface area (Å²) in [6.45, 7) is 6.38. The monoisotopic (exact) mass is 448 g/mol. The van der Waals surface area contributed by atoms with Gasteiger partial charge in [0.05, 0.1) is 18.0 Å². The van der Waals surface area contributed by atoms with E-state index in [1.165, 1.54) is 12.0 Å². The van der Waals surface area contributed by atoms with E-state index in [-0.39, 0.29) is 29.9 Å². The molecule has 1 aliphatic heterocycles. The SMILES string of the molecule is CC(C)(C)OC(=O)CNCC[C@H](c1ccccc1)N1C(=O)C2(CCCCC2)c2ccccc21. The zero-order chi connectivity index (χ0) is 23.5. The molecule has 2 aliphatic rings. The summed E-state index contributed by atoms with van der Waals surface area (Å²) in [5.41, 5.74) is 2.48. The first-order valence-corrected chi connectivity index (χ1v) is 12.2. The molecular formula is C28H36N2O3. The van der Waals surface area contributed by atoms with Crippen LogP contribution in [-0.4, -0.2) is 30.6 Å². The zero-order valence-corrected chi connectivity index (χ0v) is 20.1. The van der Waals surface area contributed by atoms with Gasteiger partial charge in [-0.25, -0.2) is 0 Å². The number of amides is 1. The van der Waals surface area contributed by atoms with Crippen LogP contribution in [0.4, 0.5) is 5.69 Å². The maximum atomic E-state index is 14.1. The van der Waals surface area contributed by atoms with E-state index in [1.807, 2.05) is 49.9 Å². The first-order valence-electron chi connectivity index (χ1n) is 12.2. The number of esters is 1. The maximum Gasteiger partial charge on any atom is 0.320 e. The van der Waals surface area contributed by atoms with Crippen molar-refractivity contribution in [2.75, 3.05) is 18.0 Å². The molecule has 4 rings (SSSR count). The Morgan fingerprint density at radius 3 is 2.39 bits per heavy atom. The van der Waals surface area contributed by atoms with Crippen molar-refractivity contribution in [2.45, 2.75) is 76.4 Å². The summed E-state index contributed by atoms with van der Waals surface area (Å²) in [4.78, 5) is 28.2. The second kappa shape index (κ2) is 9.68. The molecule has 176 valence electrons. The molecule has 0 aromatic heterocycles. The largest absolute Gasteiger partial charge is 0.459 e. The summed E-state index contributed by atoms with van der Waals surface area (Å²) in [7, 11) is 0. The normalized spacial score (nSPS) is 18.3. The van der Waals surface area contributed by atoms with Crippen LogP contribution in [0.25, 0.3) is 0 Å². The molecule has 0 radical (unpaired) electrons. The van der Waals surface area contributed by atoms with Gasteiger partial charge >= 0.3 is 5.97 Å². The van der Waals surface area contributed by atoms with Gasteiger partial charge in [-0.3, -0.25) is 9.59 Å². The van der Waals surface area contributed by atoms with E-state index in [4.69, 9.17) is 4.74 Å². The van der Waals surface area contributed by atoms with Gasteiger partial charge in [-0.2, -0.15) is 0 Å². The van der Waals surface area contributed by atoms with E-state index in [0.29, 0.717) is 13.0 Å². The third-order valence-corrected chi connectivity index (χ3v) is 6.79. The molecule has 0 saturated heterocycles. The van der Waals surface area contributed by atoms with Crippen molar-refractivity contribution < 1.29 is 14.3 Å². The van der Waals surface area contributed by atoms with Crippen molar-refractivity contribution >= 4 is 17.6 Å². The van der Waals surface area contributed by atoms with E-state index in [9.17, 15) is 9.59 Å². The van der Waals surface area contributed by atoms with Crippen molar-refractivity contribution in [1.29, 1.82) is 0 Å². The van der Waals surface area contributed by atoms with Gasteiger partial charge in [-0.15, -0.1) is 0 Å². The molecule has 1 atom stereocenters. The molecule has 1 spiro atoms. The molecular weight excluding hydrogens is 412 g/mol. The number of benzene rings is 2. The molecule has 1 aliphatic carbocycles. The second-order valence-corrected chi connectivity index (χ2v) is 10.3. The number of carbonyl (C=O) groups excluding carboxylic acids is 2. The number of anilines is 1. The summed E-state index contributed by atoms with van der Waals surface area (Å²) in [6.07, 6.45) is 5.97. The maximum absolute atomic E-state index is 14.1. The lowest BCUT2D eigenvalue weighted by atomic mass is 9.70. The Morgan fingerprint density at radius 1 is 1.03 bits per heavy atom. The number of para-hydroxylation sites is 1. The Morgan fingerprint density at radius 2 is 1.70 bits per heavy atom. The smallest absolute Gasteiger partial charge is 0.320 e. The minimum Gasteiger partial charge on any atom is -0.459 e. The molecule has 1 fully saturated rings. The number of carbonyl (C=O) groups is 2. The standard InChI is InChI=1S/C28H36N2O3/c1-27(2,3)33-25(31)20-29-19-16-23(21-12-6-4-7-13-21)30-24-15-9-8-14-22(24)28(26(30)32)17-10-5-11-18-28/h4,6-9,12-15,23,29H,5,10-11,16-20H2,1-3H3/t23-/m1/s1. The molecule has 1 heterocycles. The lowest BCUT2D eigenvalue weighted by Gasteiger charge is -2.35. The van der Waals surface area contributed by atoms with Crippen LogP contribution in [0.2, 0.25) is 0 Å². The third kappa shape index (κ3) is 4.98. The Bertz CT molecular complexity index is 974. The number of ether oxygens (including phenoxy) is 1. The molecule has 2 aromatic carbocycles. The highest BCUT2D eigenvalue weighted by atomic mass is 16.6. The van der Waals surface area contributed by atoms with Crippen molar-refractivity contribution in [3.8, 4) is 0 Å². The van der Waals surface area contributed by atoms with Crippen molar-refractivity contribution in [3.63, 3.8) is 0 Å². The summed E-state index contributed by atoms with van der Waals surface area (Å²) in [5, 5.41) is 3.23. The van der Waals surface area contributed by atoms with Gasteiger partial charge in [0.2, 0.25) is 5.91 Å². The number of fused-ring (bicyclic) bond motifs is 2. The van der Waals surface area contributed by atoms with E-state index >= 15 is 0 Å². The Labute approximate surface area is 197 Å². The second-order valence-electron chi connectivity index (χ2n) is 10.3. The first kappa shape index (κ1) is 23.5. The van der Waals surface area contributed by atoms with Crippen LogP contribution >= 0.6 is 0 Å². The predicted octanol–water partition coefficient (Wildman–Crippen LogP) is 5.30. The summed E-state index contributed by atoms with van der Waals surface area (Å²) >= 11 is 0. The lowest BCUT2D eigenvalue weighted by Crippen LogP contribution is -2.44. The number of hydrogen-bond acceptors (Lipinski definition) is 4. The van der Waals surface area contributed by atoms with Gasteiger partial charge in [0, 0.05) is 5.69 Å². The quantitative estimate of drug-likeness (QED) is 0.461. The zero-order valence-electron chi connectivity index (χ0n) is 20.1. The van der Waals surface area contributed by atoms with Gasteiger partial charge in [0.25, 0.3) is 0 Å². The van der Waals surface area contributed by atoms with Crippen LogP contribution in [0.5, 0.6) is 0 Å². The highest BCUT2D eigenvalue weighted by molar-refractivity contribution is 6.08. The van der Waals surface area contributed by atoms with Crippen molar-refractivity contribution in [1.82, 2.24) is 5.32 Å². The van der Waals surface area contributed by atoms with E-state index in [0.717, 1.165) is 36.9 Å². The van der Waals surface area contributed by atoms with Gasteiger partial charge in [0.1, 0.15) is 5.60 Å². The average Bonchev–Trinajstić information content (AvgIpc) is 3.02.